The van der Waals surface area contributed by atoms with Crippen LogP contribution in [0.5, 0.6) is 0 Å². The summed E-state index contributed by atoms with van der Waals surface area (Å²) in [6.07, 6.45) is 5.23. The molecule has 152 valence electrons. The van der Waals surface area contributed by atoms with Crippen LogP contribution in [0.2, 0.25) is 0 Å². The predicted molar refractivity (Wildman–Crippen MR) is 105 cm³/mol. The number of amides is 1. The zero-order valence-corrected chi connectivity index (χ0v) is 16.3. The van der Waals surface area contributed by atoms with E-state index in [1.54, 1.807) is 4.90 Å². The molecule has 1 saturated carbocycles. The summed E-state index contributed by atoms with van der Waals surface area (Å²) >= 11 is 0. The van der Waals surface area contributed by atoms with Crippen molar-refractivity contribution in [2.75, 3.05) is 38.5 Å². The van der Waals surface area contributed by atoms with Crippen molar-refractivity contribution in [3.8, 4) is 6.07 Å². The van der Waals surface area contributed by atoms with Crippen LogP contribution < -0.4 is 5.32 Å². The average Bonchev–Trinajstić information content (AvgIpc) is 3.38. The molecule has 1 saturated heterocycles. The van der Waals surface area contributed by atoms with Crippen LogP contribution in [0.3, 0.4) is 0 Å². The Kier molecular flexibility index (Phi) is 5.57. The molecule has 2 aliphatic rings. The van der Waals surface area contributed by atoms with Gasteiger partial charge in [0.1, 0.15) is 18.0 Å². The molecule has 1 aliphatic heterocycles. The third kappa shape index (κ3) is 4.63. The van der Waals surface area contributed by atoms with E-state index in [0.717, 1.165) is 51.1 Å². The molecule has 29 heavy (non-hydrogen) atoms. The number of H-pyrrole nitrogens is 1. The van der Waals surface area contributed by atoms with E-state index in [-0.39, 0.29) is 23.8 Å². The maximum Gasteiger partial charge on any atom is 0.410 e. The molecule has 2 aromatic heterocycles. The Balaban J connectivity index is 1.29. The highest BCUT2D eigenvalue weighted by atomic mass is 16.6. The van der Waals surface area contributed by atoms with Crippen LogP contribution in [0, 0.1) is 11.3 Å². The van der Waals surface area contributed by atoms with Gasteiger partial charge in [0.05, 0.1) is 12.4 Å². The van der Waals surface area contributed by atoms with Crippen molar-refractivity contribution in [3.63, 3.8) is 0 Å². The lowest BCUT2D eigenvalue weighted by atomic mass is 10.0. The van der Waals surface area contributed by atoms with Gasteiger partial charge in [-0.1, -0.05) is 0 Å². The molecule has 10 nitrogen and oxygen atoms in total. The summed E-state index contributed by atoms with van der Waals surface area (Å²) in [6, 6.07) is 3.88. The van der Waals surface area contributed by atoms with E-state index in [2.05, 4.69) is 37.4 Å². The first-order valence-electron chi connectivity index (χ1n) is 9.79. The molecule has 1 aliphatic carbocycles. The topological polar surface area (TPSA) is 123 Å². The summed E-state index contributed by atoms with van der Waals surface area (Å²) in [6.45, 7) is 3.21. The number of ether oxygens (including phenoxy) is 1. The fraction of sp³-hybridized carbons (Fsp3) is 0.526. The van der Waals surface area contributed by atoms with E-state index >= 15 is 0 Å². The number of nitrogens with zero attached hydrogens (tertiary/aromatic N) is 6. The van der Waals surface area contributed by atoms with Gasteiger partial charge in [-0.2, -0.15) is 10.4 Å². The Morgan fingerprint density at radius 2 is 2.07 bits per heavy atom. The number of aromatic amines is 1. The number of piperazine rings is 1. The molecule has 2 unspecified atom stereocenters. The zero-order valence-electron chi connectivity index (χ0n) is 16.3. The van der Waals surface area contributed by atoms with E-state index in [1.807, 2.05) is 12.1 Å². The first kappa shape index (κ1) is 19.1. The summed E-state index contributed by atoms with van der Waals surface area (Å²) < 4.78 is 5.74. The van der Waals surface area contributed by atoms with Crippen molar-refractivity contribution in [1.29, 1.82) is 5.26 Å². The van der Waals surface area contributed by atoms with E-state index in [9.17, 15) is 4.79 Å². The molecular weight excluding hydrogens is 372 g/mol. The summed E-state index contributed by atoms with van der Waals surface area (Å²) in [5, 5.41) is 19.2. The maximum atomic E-state index is 12.4. The first-order valence-corrected chi connectivity index (χ1v) is 9.79. The van der Waals surface area contributed by atoms with E-state index in [0.29, 0.717) is 11.6 Å². The molecule has 3 heterocycles. The van der Waals surface area contributed by atoms with E-state index < -0.39 is 0 Å². The predicted octanol–water partition coefficient (Wildman–Crippen LogP) is 1.84. The number of nitrogens with one attached hydrogen (secondary N) is 2. The van der Waals surface area contributed by atoms with Crippen LogP contribution in [0.4, 0.5) is 16.4 Å². The van der Waals surface area contributed by atoms with Gasteiger partial charge >= 0.3 is 6.09 Å². The van der Waals surface area contributed by atoms with Gasteiger partial charge in [-0.25, -0.2) is 14.8 Å². The number of hydrogen-bond donors (Lipinski definition) is 2. The normalized spacial score (nSPS) is 22.3. The fourth-order valence-corrected chi connectivity index (χ4v) is 3.73. The fourth-order valence-electron chi connectivity index (χ4n) is 3.73. The number of rotatable bonds is 4. The van der Waals surface area contributed by atoms with Crippen molar-refractivity contribution in [2.24, 2.45) is 0 Å². The van der Waals surface area contributed by atoms with Gasteiger partial charge < -0.3 is 19.9 Å². The molecule has 0 bridgehead atoms. The van der Waals surface area contributed by atoms with Crippen molar-refractivity contribution < 1.29 is 9.53 Å². The first-order chi connectivity index (χ1) is 14.1. The Morgan fingerprint density at radius 3 is 2.79 bits per heavy atom. The summed E-state index contributed by atoms with van der Waals surface area (Å²) in [5.74, 6) is 1.43. The third-order valence-electron chi connectivity index (χ3n) is 5.47. The van der Waals surface area contributed by atoms with Gasteiger partial charge in [0.2, 0.25) is 0 Å². The number of aromatic nitrogens is 4. The number of anilines is 2. The lowest BCUT2D eigenvalue weighted by molar-refractivity contribution is 0.0512. The van der Waals surface area contributed by atoms with Crippen LogP contribution in [-0.4, -0.2) is 75.4 Å². The molecule has 2 fully saturated rings. The second kappa shape index (κ2) is 8.45. The molecule has 0 spiro atoms. The van der Waals surface area contributed by atoms with Gasteiger partial charge in [0.15, 0.2) is 11.5 Å². The summed E-state index contributed by atoms with van der Waals surface area (Å²) in [7, 11) is 2.06. The van der Waals surface area contributed by atoms with E-state index in [4.69, 9.17) is 10.00 Å². The lowest BCUT2D eigenvalue weighted by Crippen LogP contribution is -2.47. The van der Waals surface area contributed by atoms with Crippen LogP contribution in [0.15, 0.2) is 18.5 Å². The highest BCUT2D eigenvalue weighted by Crippen LogP contribution is 2.36. The number of nitriles is 1. The van der Waals surface area contributed by atoms with Crippen LogP contribution in [0.1, 0.15) is 36.6 Å². The number of hydrogen-bond acceptors (Lipinski definition) is 8. The largest absolute Gasteiger partial charge is 0.446 e. The minimum absolute atomic E-state index is 0.0590. The number of carbonyl (C=O) groups is 1. The lowest BCUT2D eigenvalue weighted by Gasteiger charge is -2.32. The van der Waals surface area contributed by atoms with Crippen LogP contribution in [-0.2, 0) is 4.74 Å². The summed E-state index contributed by atoms with van der Waals surface area (Å²) in [4.78, 5) is 24.5. The molecule has 1 amide bonds. The number of likely N-dealkylation sites (N-methyl/N-ethyl adjacent to an activating group) is 1. The molecular formula is C19H24N8O2. The standard InChI is InChI=1S/C19H24N8O2/c1-26-4-6-27(7-5-26)19(28)29-15-3-2-13(8-15)16-9-17(25-24-16)23-18-12-21-14(10-20)11-22-18/h9,11-13,15H,2-8H2,1H3,(H2,22,23,24,25). The Hall–Kier alpha value is -3.19. The molecule has 0 aromatic carbocycles. The molecule has 2 aromatic rings. The molecule has 0 radical (unpaired) electrons. The maximum absolute atomic E-state index is 12.4. The van der Waals surface area contributed by atoms with Gasteiger partial charge in [-0.05, 0) is 26.3 Å². The average molecular weight is 396 g/mol. The second-order valence-electron chi connectivity index (χ2n) is 7.54. The quantitative estimate of drug-likeness (QED) is 0.802. The SMILES string of the molecule is CN1CCN(C(=O)OC2CCC(c3cc(Nc4cnc(C#N)cn4)n[nH]3)C2)CC1. The highest BCUT2D eigenvalue weighted by molar-refractivity contribution is 5.68. The Bertz CT molecular complexity index is 882. The van der Waals surface area contributed by atoms with Gasteiger partial charge in [-0.3, -0.25) is 5.10 Å². The highest BCUT2D eigenvalue weighted by Gasteiger charge is 2.31. The second-order valence-corrected chi connectivity index (χ2v) is 7.54. The Morgan fingerprint density at radius 1 is 1.24 bits per heavy atom. The zero-order chi connectivity index (χ0) is 20.2. The van der Waals surface area contributed by atoms with Crippen molar-refractivity contribution in [3.05, 3.63) is 29.8 Å². The smallest absolute Gasteiger partial charge is 0.410 e. The van der Waals surface area contributed by atoms with Crippen molar-refractivity contribution in [1.82, 2.24) is 30.0 Å². The molecule has 2 N–H and O–H groups in total. The van der Waals surface area contributed by atoms with Crippen LogP contribution in [0.25, 0.3) is 0 Å². The Labute approximate surface area is 168 Å². The molecule has 10 heteroatoms. The van der Waals surface area contributed by atoms with Gasteiger partial charge in [-0.15, -0.1) is 0 Å². The van der Waals surface area contributed by atoms with Crippen molar-refractivity contribution in [2.45, 2.75) is 31.3 Å². The minimum Gasteiger partial charge on any atom is -0.446 e. The minimum atomic E-state index is -0.199. The molecule has 2 atom stereocenters. The summed E-state index contributed by atoms with van der Waals surface area (Å²) in [5.41, 5.74) is 1.27. The molecule has 4 rings (SSSR count). The number of carbonyl (C=O) groups excluding carboxylic acids is 1. The van der Waals surface area contributed by atoms with Crippen LogP contribution >= 0.6 is 0 Å². The van der Waals surface area contributed by atoms with Gasteiger partial charge in [0.25, 0.3) is 0 Å². The van der Waals surface area contributed by atoms with Crippen molar-refractivity contribution >= 4 is 17.7 Å². The third-order valence-corrected chi connectivity index (χ3v) is 5.47. The monoisotopic (exact) mass is 396 g/mol. The van der Waals surface area contributed by atoms with E-state index in [1.165, 1.54) is 12.4 Å². The van der Waals surface area contributed by atoms with Gasteiger partial charge in [0, 0.05) is 43.9 Å².